The van der Waals surface area contributed by atoms with Crippen LogP contribution in [0.2, 0.25) is 0 Å². The van der Waals surface area contributed by atoms with Crippen molar-refractivity contribution < 1.29 is 11.0 Å². The van der Waals surface area contributed by atoms with Crippen LogP contribution in [0.15, 0.2) is 109 Å². The monoisotopic (exact) mass is 710 g/mol. The Hall–Kier alpha value is -4.94. The van der Waals surface area contributed by atoms with Crippen molar-refractivity contribution in [1.29, 1.82) is 0 Å². The Morgan fingerprint density at radius 1 is 0.315 bits per heavy atom. The van der Waals surface area contributed by atoms with Gasteiger partial charge in [0, 0.05) is 0 Å². The van der Waals surface area contributed by atoms with Gasteiger partial charge in [-0.1, -0.05) is 168 Å². The maximum Gasteiger partial charge on any atom is 0.0633 e. The maximum absolute atomic E-state index is 9.83. The molecule has 0 aromatic heterocycles. The lowest BCUT2D eigenvalue weighted by molar-refractivity contribution is 0.591. The van der Waals surface area contributed by atoms with E-state index in [2.05, 4.69) is 0 Å². The Labute approximate surface area is 333 Å². The van der Waals surface area contributed by atoms with Gasteiger partial charge in [0.15, 0.2) is 0 Å². The first-order valence-electron chi connectivity index (χ1n) is 23.3. The molecule has 0 saturated heterocycles. The van der Waals surface area contributed by atoms with Gasteiger partial charge in [-0.15, -0.1) is 0 Å². The van der Waals surface area contributed by atoms with Crippen LogP contribution in [0.4, 0.5) is 0 Å². The van der Waals surface area contributed by atoms with Crippen molar-refractivity contribution in [2.24, 2.45) is 0 Å². The normalized spacial score (nSPS) is 15.6. The number of benzene rings is 9. The SMILES string of the molecule is [2H]c1c(C(C)(C)C)c([2H])c2cc(-c3ccc(-c4cc5c([2H])c(C(C)(C)C)c([2H])c6ccc7c([2H])c(C(C)(C)C)c([2H])c4c7c65)cc3)c3c([2H])c(C(C)(C)C)c([2H])c4ccc1c2c43. The molecule has 0 amide bonds. The van der Waals surface area contributed by atoms with E-state index in [1.165, 1.54) is 0 Å². The van der Waals surface area contributed by atoms with Crippen LogP contribution < -0.4 is 0 Å². The van der Waals surface area contributed by atoms with Crippen molar-refractivity contribution in [1.82, 2.24) is 0 Å². The Morgan fingerprint density at radius 3 is 0.870 bits per heavy atom. The zero-order valence-electron chi connectivity index (χ0n) is 41.8. The molecule has 0 unspecified atom stereocenters. The van der Waals surface area contributed by atoms with Gasteiger partial charge in [-0.3, -0.25) is 0 Å². The Kier molecular flexibility index (Phi) is 5.60. The summed E-state index contributed by atoms with van der Waals surface area (Å²) in [5.41, 5.74) is 3.86. The van der Waals surface area contributed by atoms with E-state index in [0.29, 0.717) is 89.5 Å². The van der Waals surface area contributed by atoms with E-state index in [-0.39, 0.29) is 24.2 Å². The van der Waals surface area contributed by atoms with E-state index >= 15 is 0 Å². The van der Waals surface area contributed by atoms with Crippen LogP contribution in [-0.2, 0) is 21.7 Å². The van der Waals surface area contributed by atoms with Crippen molar-refractivity contribution >= 4 is 64.6 Å². The molecule has 0 fully saturated rings. The molecule has 0 aliphatic rings. The maximum atomic E-state index is 9.83. The minimum absolute atomic E-state index is 0.277. The van der Waals surface area contributed by atoms with Crippen molar-refractivity contribution in [3.63, 3.8) is 0 Å². The highest BCUT2D eigenvalue weighted by molar-refractivity contribution is 6.28. The third-order valence-corrected chi connectivity index (χ3v) is 11.1. The lowest BCUT2D eigenvalue weighted by atomic mass is 9.79. The molecule has 270 valence electrons. The molecule has 9 aromatic carbocycles. The third-order valence-electron chi connectivity index (χ3n) is 11.1. The fourth-order valence-corrected chi connectivity index (χ4v) is 7.97. The summed E-state index contributed by atoms with van der Waals surface area (Å²) in [4.78, 5) is 0. The lowest BCUT2D eigenvalue weighted by Crippen LogP contribution is -2.12. The summed E-state index contributed by atoms with van der Waals surface area (Å²) in [6.45, 7) is 24.4. The molecule has 0 heterocycles. The minimum Gasteiger partial charge on any atom is -0.0561 e. The fraction of sp³-hybridized carbons (Fsp3) is 0.296. The molecule has 0 aliphatic carbocycles. The van der Waals surface area contributed by atoms with Crippen LogP contribution >= 0.6 is 0 Å². The zero-order valence-corrected chi connectivity index (χ0v) is 33.8. The summed E-state index contributed by atoms with van der Waals surface area (Å²) in [5.74, 6) is 0. The second-order valence-corrected chi connectivity index (χ2v) is 19.6. The van der Waals surface area contributed by atoms with E-state index in [0.717, 1.165) is 43.8 Å². The fourth-order valence-electron chi connectivity index (χ4n) is 7.97. The third kappa shape index (κ3) is 5.47. The molecule has 9 aromatic rings. The number of hydrogen-bond donors (Lipinski definition) is 0. The van der Waals surface area contributed by atoms with Crippen molar-refractivity contribution in [3.8, 4) is 22.3 Å². The predicted molar refractivity (Wildman–Crippen MR) is 240 cm³/mol. The van der Waals surface area contributed by atoms with Gasteiger partial charge in [-0.2, -0.15) is 0 Å². The van der Waals surface area contributed by atoms with Crippen molar-refractivity contribution in [2.75, 3.05) is 0 Å². The molecular formula is C54H54. The topological polar surface area (TPSA) is 0 Å². The minimum atomic E-state index is -0.503. The summed E-state index contributed by atoms with van der Waals surface area (Å²) in [5, 5.41) is 8.60. The summed E-state index contributed by atoms with van der Waals surface area (Å²) in [7, 11) is 0. The average molecular weight is 711 g/mol. The molecule has 0 nitrogen and oxygen atoms in total. The summed E-state index contributed by atoms with van der Waals surface area (Å²) in [6, 6.07) is 22.2. The predicted octanol–water partition coefficient (Wildman–Crippen LogP) is 16.0. The molecule has 0 atom stereocenters. The summed E-state index contributed by atoms with van der Waals surface area (Å²) >= 11 is 0. The first kappa shape index (κ1) is 26.8. The average Bonchev–Trinajstić information content (AvgIpc) is 3.15. The lowest BCUT2D eigenvalue weighted by Gasteiger charge is -2.25. The molecule has 0 saturated carbocycles. The second-order valence-electron chi connectivity index (χ2n) is 19.6. The summed E-state index contributed by atoms with van der Waals surface area (Å²) < 4.78 is 76.6. The second kappa shape index (κ2) is 11.3. The molecule has 9 rings (SSSR count). The van der Waals surface area contributed by atoms with Gasteiger partial charge >= 0.3 is 0 Å². The Morgan fingerprint density at radius 2 is 0.574 bits per heavy atom. The number of rotatable bonds is 2. The van der Waals surface area contributed by atoms with Gasteiger partial charge in [-0.05, 0) is 155 Å². The first-order valence-corrected chi connectivity index (χ1v) is 19.3. The largest absolute Gasteiger partial charge is 0.0633 e. The van der Waals surface area contributed by atoms with E-state index in [1.807, 2.05) is 144 Å². The van der Waals surface area contributed by atoms with Crippen LogP contribution in [0.25, 0.3) is 86.9 Å². The Balaban J connectivity index is 1.40. The molecule has 0 heteroatoms. The molecule has 54 heavy (non-hydrogen) atoms. The van der Waals surface area contributed by atoms with Gasteiger partial charge in [0.25, 0.3) is 0 Å². The number of hydrogen-bond acceptors (Lipinski definition) is 0. The van der Waals surface area contributed by atoms with Crippen LogP contribution in [0.3, 0.4) is 0 Å². The quantitative estimate of drug-likeness (QED) is 0.157. The molecule has 0 N–H and O–H groups in total. The first-order chi connectivity index (χ1) is 28.7. The van der Waals surface area contributed by atoms with E-state index in [4.69, 9.17) is 0 Å². The summed E-state index contributed by atoms with van der Waals surface area (Å²) in [6.07, 6.45) is 0. The van der Waals surface area contributed by atoms with Crippen molar-refractivity contribution in [2.45, 2.75) is 105 Å². The van der Waals surface area contributed by atoms with E-state index < -0.39 is 21.7 Å². The molecule has 0 spiro atoms. The highest BCUT2D eigenvalue weighted by atomic mass is 14.3. The van der Waals surface area contributed by atoms with Gasteiger partial charge in [0.05, 0.1) is 11.0 Å². The smallest absolute Gasteiger partial charge is 0.0561 e. The van der Waals surface area contributed by atoms with E-state index in [9.17, 15) is 11.0 Å². The zero-order chi connectivity index (χ0) is 45.2. The highest BCUT2D eigenvalue weighted by Crippen LogP contribution is 2.47. The van der Waals surface area contributed by atoms with Crippen molar-refractivity contribution in [3.05, 3.63) is 131 Å². The van der Waals surface area contributed by atoms with Gasteiger partial charge < -0.3 is 0 Å². The van der Waals surface area contributed by atoms with Crippen LogP contribution in [0, 0.1) is 0 Å². The molecule has 0 bridgehead atoms. The molecular weight excluding hydrogens is 649 g/mol. The highest BCUT2D eigenvalue weighted by Gasteiger charge is 2.24. The van der Waals surface area contributed by atoms with Crippen LogP contribution in [0.1, 0.15) is 116 Å². The van der Waals surface area contributed by atoms with Gasteiger partial charge in [-0.25, -0.2) is 0 Å². The van der Waals surface area contributed by atoms with Gasteiger partial charge in [0.1, 0.15) is 0 Å². The molecule has 0 aliphatic heterocycles. The van der Waals surface area contributed by atoms with Crippen LogP contribution in [0.5, 0.6) is 0 Å². The van der Waals surface area contributed by atoms with Crippen LogP contribution in [-0.4, -0.2) is 0 Å². The van der Waals surface area contributed by atoms with Gasteiger partial charge in [0.2, 0.25) is 0 Å². The Bertz CT molecular complexity index is 3160. The standard InChI is InChI=1S/C54H54/c1-51(2,3)39-21-33-17-19-35-23-41(53(7,8)9)29-45-43(27-37(25-39)47(33)49(35)45)31-13-15-32(16-14-31)44-28-38-26-40(52(4,5)6)22-34-18-20-36-24-42(54(10,11)12)30-46(44)50(36)48(34)38/h13-30H,1-12H3/i21D,22D,23D,24D,25D,26D,29D,30D. The molecule has 0 radical (unpaired) electrons. The van der Waals surface area contributed by atoms with E-state index in [1.54, 1.807) is 0 Å².